The van der Waals surface area contributed by atoms with Gasteiger partial charge in [-0.1, -0.05) is 6.08 Å². The predicted octanol–water partition coefficient (Wildman–Crippen LogP) is 1.30. The van der Waals surface area contributed by atoms with Crippen LogP contribution in [0.5, 0.6) is 0 Å². The third-order valence-electron chi connectivity index (χ3n) is 1.76. The van der Waals surface area contributed by atoms with E-state index in [0.29, 0.717) is 13.0 Å². The van der Waals surface area contributed by atoms with E-state index in [1.165, 1.54) is 6.08 Å². The molecule has 1 N–H and O–H groups in total. The normalized spacial score (nSPS) is 15.5. The lowest BCUT2D eigenvalue weighted by Crippen LogP contribution is -2.26. The lowest BCUT2D eigenvalue weighted by atomic mass is 9.88. The van der Waals surface area contributed by atoms with E-state index in [2.05, 4.69) is 6.58 Å². The molecule has 0 aromatic rings. The van der Waals surface area contributed by atoms with Crippen molar-refractivity contribution in [2.24, 2.45) is 5.41 Å². The molecule has 0 heterocycles. The van der Waals surface area contributed by atoms with Crippen LogP contribution in [-0.4, -0.2) is 24.8 Å². The summed E-state index contributed by atoms with van der Waals surface area (Å²) in [7, 11) is 1.55. The molecular weight excluding hydrogens is 144 g/mol. The van der Waals surface area contributed by atoms with Crippen LogP contribution in [0.3, 0.4) is 0 Å². The third kappa shape index (κ3) is 2.72. The fourth-order valence-corrected chi connectivity index (χ4v) is 0.610. The van der Waals surface area contributed by atoms with E-state index in [1.54, 1.807) is 14.0 Å². The molecule has 0 aliphatic carbocycles. The number of carboxylic acids is 1. The summed E-state index contributed by atoms with van der Waals surface area (Å²) in [6.07, 6.45) is 1.90. The van der Waals surface area contributed by atoms with Crippen molar-refractivity contribution in [2.75, 3.05) is 13.7 Å². The summed E-state index contributed by atoms with van der Waals surface area (Å²) in [4.78, 5) is 10.6. The van der Waals surface area contributed by atoms with E-state index in [9.17, 15) is 4.79 Å². The van der Waals surface area contributed by atoms with Gasteiger partial charge in [-0.25, -0.2) is 0 Å². The average molecular weight is 158 g/mol. The van der Waals surface area contributed by atoms with Crippen LogP contribution in [0.25, 0.3) is 0 Å². The van der Waals surface area contributed by atoms with Crippen molar-refractivity contribution in [1.82, 2.24) is 0 Å². The molecule has 3 heteroatoms. The summed E-state index contributed by atoms with van der Waals surface area (Å²) in [6.45, 7) is 5.54. The quantitative estimate of drug-likeness (QED) is 0.613. The van der Waals surface area contributed by atoms with Crippen LogP contribution >= 0.6 is 0 Å². The Morgan fingerprint density at radius 3 is 2.64 bits per heavy atom. The Morgan fingerprint density at radius 2 is 2.36 bits per heavy atom. The van der Waals surface area contributed by atoms with Crippen molar-refractivity contribution < 1.29 is 14.6 Å². The SMILES string of the molecule is C=C[C@@](C)(CCOC)C(=O)O. The Hall–Kier alpha value is -0.830. The summed E-state index contributed by atoms with van der Waals surface area (Å²) in [5, 5.41) is 8.73. The zero-order valence-electron chi connectivity index (χ0n) is 6.96. The van der Waals surface area contributed by atoms with Crippen molar-refractivity contribution in [3.63, 3.8) is 0 Å². The van der Waals surface area contributed by atoms with Gasteiger partial charge in [0.2, 0.25) is 0 Å². The van der Waals surface area contributed by atoms with Gasteiger partial charge in [0, 0.05) is 13.7 Å². The van der Waals surface area contributed by atoms with Crippen molar-refractivity contribution in [3.8, 4) is 0 Å². The molecule has 0 unspecified atom stereocenters. The molecule has 0 aromatic carbocycles. The zero-order valence-corrected chi connectivity index (χ0v) is 6.96. The molecule has 3 nitrogen and oxygen atoms in total. The number of methoxy groups -OCH3 is 1. The van der Waals surface area contributed by atoms with Crippen LogP contribution in [0.1, 0.15) is 13.3 Å². The number of carbonyl (C=O) groups is 1. The second-order valence-corrected chi connectivity index (χ2v) is 2.67. The van der Waals surface area contributed by atoms with Gasteiger partial charge in [-0.3, -0.25) is 4.79 Å². The van der Waals surface area contributed by atoms with E-state index in [-0.39, 0.29) is 0 Å². The largest absolute Gasteiger partial charge is 0.481 e. The number of rotatable bonds is 5. The fourth-order valence-electron chi connectivity index (χ4n) is 0.610. The Bertz CT molecular complexity index is 153. The highest BCUT2D eigenvalue weighted by Crippen LogP contribution is 2.22. The highest BCUT2D eigenvalue weighted by molar-refractivity contribution is 5.76. The third-order valence-corrected chi connectivity index (χ3v) is 1.76. The number of aliphatic carboxylic acids is 1. The summed E-state index contributed by atoms with van der Waals surface area (Å²) in [5.41, 5.74) is -0.851. The Kier molecular flexibility index (Phi) is 3.82. The first-order valence-corrected chi connectivity index (χ1v) is 3.43. The van der Waals surface area contributed by atoms with Gasteiger partial charge in [0.15, 0.2) is 0 Å². The van der Waals surface area contributed by atoms with E-state index >= 15 is 0 Å². The highest BCUT2D eigenvalue weighted by atomic mass is 16.5. The summed E-state index contributed by atoms with van der Waals surface area (Å²) in [5.74, 6) is -0.857. The molecule has 0 aliphatic heterocycles. The fraction of sp³-hybridized carbons (Fsp3) is 0.625. The summed E-state index contributed by atoms with van der Waals surface area (Å²) in [6, 6.07) is 0. The van der Waals surface area contributed by atoms with E-state index in [4.69, 9.17) is 9.84 Å². The molecule has 0 spiro atoms. The molecule has 11 heavy (non-hydrogen) atoms. The molecular formula is C8H14O3. The van der Waals surface area contributed by atoms with Gasteiger partial charge < -0.3 is 9.84 Å². The summed E-state index contributed by atoms with van der Waals surface area (Å²) >= 11 is 0. The molecule has 0 rings (SSSR count). The number of carboxylic acid groups (broad SMARTS) is 1. The van der Waals surface area contributed by atoms with Gasteiger partial charge in [-0.15, -0.1) is 6.58 Å². The van der Waals surface area contributed by atoms with Gasteiger partial charge in [-0.2, -0.15) is 0 Å². The minimum Gasteiger partial charge on any atom is -0.481 e. The predicted molar refractivity (Wildman–Crippen MR) is 42.4 cm³/mol. The van der Waals surface area contributed by atoms with Gasteiger partial charge in [0.1, 0.15) is 0 Å². The summed E-state index contributed by atoms with van der Waals surface area (Å²) < 4.78 is 4.78. The molecule has 0 aromatic heterocycles. The maximum absolute atomic E-state index is 10.6. The number of hydrogen-bond acceptors (Lipinski definition) is 2. The minimum atomic E-state index is -0.857. The Balaban J connectivity index is 4.10. The van der Waals surface area contributed by atoms with E-state index in [0.717, 1.165) is 0 Å². The maximum atomic E-state index is 10.6. The second-order valence-electron chi connectivity index (χ2n) is 2.67. The van der Waals surface area contributed by atoms with Crippen LogP contribution < -0.4 is 0 Å². The first kappa shape index (κ1) is 10.2. The zero-order chi connectivity index (χ0) is 8.91. The monoisotopic (exact) mass is 158 g/mol. The first-order valence-electron chi connectivity index (χ1n) is 3.43. The van der Waals surface area contributed by atoms with Crippen LogP contribution in [0, 0.1) is 5.41 Å². The van der Waals surface area contributed by atoms with Gasteiger partial charge in [0.05, 0.1) is 5.41 Å². The van der Waals surface area contributed by atoms with E-state index in [1.807, 2.05) is 0 Å². The molecule has 0 amide bonds. The maximum Gasteiger partial charge on any atom is 0.313 e. The highest BCUT2D eigenvalue weighted by Gasteiger charge is 2.28. The van der Waals surface area contributed by atoms with Gasteiger partial charge in [0.25, 0.3) is 0 Å². The van der Waals surface area contributed by atoms with Gasteiger partial charge >= 0.3 is 5.97 Å². The Morgan fingerprint density at radius 1 is 1.82 bits per heavy atom. The minimum absolute atomic E-state index is 0.439. The van der Waals surface area contributed by atoms with Crippen molar-refractivity contribution in [3.05, 3.63) is 12.7 Å². The van der Waals surface area contributed by atoms with Crippen molar-refractivity contribution in [2.45, 2.75) is 13.3 Å². The lowest BCUT2D eigenvalue weighted by molar-refractivity contribution is -0.145. The molecule has 1 atom stereocenters. The standard InChI is InChI=1S/C8H14O3/c1-4-8(2,7(9)10)5-6-11-3/h4H,1,5-6H2,2-3H3,(H,9,10)/t8-/m0/s1. The average Bonchev–Trinajstić information content (AvgIpc) is 2.00. The molecule has 0 saturated heterocycles. The number of ether oxygens (including phenoxy) is 1. The topological polar surface area (TPSA) is 46.5 Å². The molecule has 0 radical (unpaired) electrons. The van der Waals surface area contributed by atoms with Crippen LogP contribution in [0.15, 0.2) is 12.7 Å². The number of hydrogen-bond donors (Lipinski definition) is 1. The second kappa shape index (κ2) is 4.13. The molecule has 0 saturated carbocycles. The Labute approximate surface area is 66.7 Å². The van der Waals surface area contributed by atoms with E-state index < -0.39 is 11.4 Å². The molecule has 0 fully saturated rings. The van der Waals surface area contributed by atoms with Crippen molar-refractivity contribution >= 4 is 5.97 Å². The smallest absolute Gasteiger partial charge is 0.313 e. The van der Waals surface area contributed by atoms with Gasteiger partial charge in [-0.05, 0) is 13.3 Å². The lowest BCUT2D eigenvalue weighted by Gasteiger charge is -2.18. The molecule has 0 aliphatic rings. The molecule has 0 bridgehead atoms. The van der Waals surface area contributed by atoms with Crippen LogP contribution in [-0.2, 0) is 9.53 Å². The first-order chi connectivity index (χ1) is 5.06. The van der Waals surface area contributed by atoms with Crippen LogP contribution in [0.4, 0.5) is 0 Å². The molecule has 64 valence electrons. The van der Waals surface area contributed by atoms with Crippen LogP contribution in [0.2, 0.25) is 0 Å². The van der Waals surface area contributed by atoms with Crippen molar-refractivity contribution in [1.29, 1.82) is 0 Å².